The van der Waals surface area contributed by atoms with Gasteiger partial charge in [0.05, 0.1) is 11.6 Å². The number of rotatable bonds is 3. The number of nitriles is 1. The van der Waals surface area contributed by atoms with Crippen LogP contribution in [0.5, 0.6) is 0 Å². The molecule has 0 aromatic heterocycles. The van der Waals surface area contributed by atoms with E-state index in [0.717, 1.165) is 0 Å². The highest BCUT2D eigenvalue weighted by molar-refractivity contribution is 5.94. The summed E-state index contributed by atoms with van der Waals surface area (Å²) in [6.07, 6.45) is 0. The van der Waals surface area contributed by atoms with Crippen LogP contribution in [0.1, 0.15) is 5.56 Å². The summed E-state index contributed by atoms with van der Waals surface area (Å²) in [4.78, 5) is 26.5. The first-order chi connectivity index (χ1) is 9.10. The molecule has 6 heteroatoms. The molecule has 2 rings (SSSR count). The minimum atomic E-state index is -0.265. The van der Waals surface area contributed by atoms with E-state index < -0.39 is 0 Å². The Morgan fingerprint density at radius 2 is 2.26 bits per heavy atom. The SMILES string of the molecule is CN1CCN(CC(=O)Nc2cccc(C#N)c2)C1=O. The maximum Gasteiger partial charge on any atom is 0.320 e. The number of urea groups is 1. The summed E-state index contributed by atoms with van der Waals surface area (Å²) in [6, 6.07) is 8.52. The molecule has 0 atom stereocenters. The number of likely N-dealkylation sites (N-methyl/N-ethyl adjacent to an activating group) is 1. The van der Waals surface area contributed by atoms with E-state index in [-0.39, 0.29) is 18.5 Å². The molecular weight excluding hydrogens is 244 g/mol. The fraction of sp³-hybridized carbons (Fsp3) is 0.308. The fourth-order valence-corrected chi connectivity index (χ4v) is 1.89. The minimum absolute atomic E-state index is 0.0277. The number of anilines is 1. The Morgan fingerprint density at radius 1 is 1.47 bits per heavy atom. The van der Waals surface area contributed by atoms with Crippen LogP contribution in [0.15, 0.2) is 24.3 Å². The van der Waals surface area contributed by atoms with Crippen molar-refractivity contribution in [2.75, 3.05) is 32.0 Å². The summed E-state index contributed by atoms with van der Waals surface area (Å²) in [5.41, 5.74) is 1.04. The molecule has 0 radical (unpaired) electrons. The normalized spacial score (nSPS) is 14.4. The van der Waals surface area contributed by atoms with Gasteiger partial charge in [0.25, 0.3) is 0 Å². The summed E-state index contributed by atoms with van der Waals surface area (Å²) in [7, 11) is 1.70. The Labute approximate surface area is 111 Å². The average molecular weight is 258 g/mol. The van der Waals surface area contributed by atoms with Crippen molar-refractivity contribution in [2.24, 2.45) is 0 Å². The molecule has 98 valence electrons. The van der Waals surface area contributed by atoms with Crippen molar-refractivity contribution >= 4 is 17.6 Å². The largest absolute Gasteiger partial charge is 0.326 e. The van der Waals surface area contributed by atoms with Crippen molar-refractivity contribution in [3.63, 3.8) is 0 Å². The third kappa shape index (κ3) is 3.01. The van der Waals surface area contributed by atoms with E-state index in [0.29, 0.717) is 24.3 Å². The quantitative estimate of drug-likeness (QED) is 0.873. The van der Waals surface area contributed by atoms with Crippen molar-refractivity contribution < 1.29 is 9.59 Å². The van der Waals surface area contributed by atoms with E-state index in [9.17, 15) is 9.59 Å². The molecule has 1 heterocycles. The summed E-state index contributed by atoms with van der Waals surface area (Å²) in [5.74, 6) is -0.265. The number of nitrogens with one attached hydrogen (secondary N) is 1. The van der Waals surface area contributed by atoms with Gasteiger partial charge in [-0.15, -0.1) is 0 Å². The summed E-state index contributed by atoms with van der Waals surface area (Å²) in [5, 5.41) is 11.4. The lowest BCUT2D eigenvalue weighted by atomic mass is 10.2. The monoisotopic (exact) mass is 258 g/mol. The number of benzene rings is 1. The maximum absolute atomic E-state index is 11.8. The molecule has 1 N–H and O–H groups in total. The number of carbonyl (C=O) groups is 2. The second kappa shape index (κ2) is 5.40. The zero-order valence-corrected chi connectivity index (χ0v) is 10.6. The molecular formula is C13H14N4O2. The van der Waals surface area contributed by atoms with Gasteiger partial charge in [-0.05, 0) is 18.2 Å². The lowest BCUT2D eigenvalue weighted by Gasteiger charge is -2.15. The fourth-order valence-electron chi connectivity index (χ4n) is 1.89. The molecule has 0 aliphatic carbocycles. The van der Waals surface area contributed by atoms with E-state index in [4.69, 9.17) is 5.26 Å². The molecule has 3 amide bonds. The van der Waals surface area contributed by atoms with E-state index in [1.165, 1.54) is 4.90 Å². The molecule has 0 spiro atoms. The van der Waals surface area contributed by atoms with Crippen molar-refractivity contribution in [3.05, 3.63) is 29.8 Å². The Morgan fingerprint density at radius 3 is 2.89 bits per heavy atom. The van der Waals surface area contributed by atoms with Gasteiger partial charge in [0, 0.05) is 25.8 Å². The van der Waals surface area contributed by atoms with Gasteiger partial charge >= 0.3 is 6.03 Å². The maximum atomic E-state index is 11.8. The second-order valence-electron chi connectivity index (χ2n) is 4.37. The summed E-state index contributed by atoms with van der Waals surface area (Å²) in [6.45, 7) is 1.22. The van der Waals surface area contributed by atoms with Crippen LogP contribution in [0.25, 0.3) is 0 Å². The predicted molar refractivity (Wildman–Crippen MR) is 69.4 cm³/mol. The van der Waals surface area contributed by atoms with Crippen LogP contribution in [-0.2, 0) is 4.79 Å². The van der Waals surface area contributed by atoms with Crippen LogP contribution in [0.4, 0.5) is 10.5 Å². The molecule has 0 unspecified atom stereocenters. The van der Waals surface area contributed by atoms with Crippen molar-refractivity contribution in [2.45, 2.75) is 0 Å². The number of carbonyl (C=O) groups excluding carboxylic acids is 2. The Hall–Kier alpha value is -2.55. The van der Waals surface area contributed by atoms with Crippen molar-refractivity contribution in [3.8, 4) is 6.07 Å². The highest BCUT2D eigenvalue weighted by Crippen LogP contribution is 2.11. The predicted octanol–water partition coefficient (Wildman–Crippen LogP) is 0.864. The standard InChI is InChI=1S/C13H14N4O2/c1-16-5-6-17(13(16)19)9-12(18)15-11-4-2-3-10(7-11)8-14/h2-4,7H,5-6,9H2,1H3,(H,15,18). The molecule has 19 heavy (non-hydrogen) atoms. The van der Waals surface area contributed by atoms with Gasteiger partial charge < -0.3 is 15.1 Å². The Bertz CT molecular complexity index is 550. The van der Waals surface area contributed by atoms with Gasteiger partial charge in [-0.1, -0.05) is 6.07 Å². The molecule has 1 aromatic carbocycles. The third-order valence-electron chi connectivity index (χ3n) is 2.91. The number of nitrogens with zero attached hydrogens (tertiary/aromatic N) is 3. The second-order valence-corrected chi connectivity index (χ2v) is 4.37. The number of hydrogen-bond donors (Lipinski definition) is 1. The third-order valence-corrected chi connectivity index (χ3v) is 2.91. The lowest BCUT2D eigenvalue weighted by Crippen LogP contribution is -2.36. The molecule has 0 saturated carbocycles. The first kappa shape index (κ1) is 12.9. The molecule has 0 bridgehead atoms. The van der Waals surface area contributed by atoms with Crippen LogP contribution in [0.3, 0.4) is 0 Å². The van der Waals surface area contributed by atoms with Gasteiger partial charge in [0.15, 0.2) is 0 Å². The molecule has 1 saturated heterocycles. The highest BCUT2D eigenvalue weighted by atomic mass is 16.2. The minimum Gasteiger partial charge on any atom is -0.326 e. The molecule has 1 aliphatic rings. The summed E-state index contributed by atoms with van der Waals surface area (Å²) >= 11 is 0. The van der Waals surface area contributed by atoms with Crippen LogP contribution in [0, 0.1) is 11.3 Å². The first-order valence-corrected chi connectivity index (χ1v) is 5.90. The topological polar surface area (TPSA) is 76.4 Å². The van der Waals surface area contributed by atoms with Crippen LogP contribution < -0.4 is 5.32 Å². The van der Waals surface area contributed by atoms with E-state index in [2.05, 4.69) is 5.32 Å². The molecule has 1 fully saturated rings. The van der Waals surface area contributed by atoms with Crippen molar-refractivity contribution in [1.82, 2.24) is 9.80 Å². The zero-order valence-electron chi connectivity index (χ0n) is 10.6. The lowest BCUT2D eigenvalue weighted by molar-refractivity contribution is -0.116. The zero-order chi connectivity index (χ0) is 13.8. The van der Waals surface area contributed by atoms with Gasteiger partial charge in [0.2, 0.25) is 5.91 Å². The van der Waals surface area contributed by atoms with Crippen LogP contribution in [0.2, 0.25) is 0 Å². The number of amides is 3. The smallest absolute Gasteiger partial charge is 0.320 e. The van der Waals surface area contributed by atoms with E-state index >= 15 is 0 Å². The molecule has 6 nitrogen and oxygen atoms in total. The van der Waals surface area contributed by atoms with E-state index in [1.54, 1.807) is 36.2 Å². The molecule has 1 aromatic rings. The highest BCUT2D eigenvalue weighted by Gasteiger charge is 2.26. The van der Waals surface area contributed by atoms with Gasteiger partial charge in [-0.3, -0.25) is 4.79 Å². The average Bonchev–Trinajstić information content (AvgIpc) is 2.71. The number of hydrogen-bond acceptors (Lipinski definition) is 3. The van der Waals surface area contributed by atoms with Gasteiger partial charge in [0.1, 0.15) is 6.54 Å². The Kier molecular flexibility index (Phi) is 3.66. The van der Waals surface area contributed by atoms with E-state index in [1.807, 2.05) is 6.07 Å². The molecule has 1 aliphatic heterocycles. The summed E-state index contributed by atoms with van der Waals surface area (Å²) < 4.78 is 0. The Balaban J connectivity index is 1.94. The van der Waals surface area contributed by atoms with Crippen LogP contribution >= 0.6 is 0 Å². The van der Waals surface area contributed by atoms with Crippen molar-refractivity contribution in [1.29, 1.82) is 5.26 Å². The van der Waals surface area contributed by atoms with Gasteiger partial charge in [-0.25, -0.2) is 4.79 Å². The first-order valence-electron chi connectivity index (χ1n) is 5.90. The van der Waals surface area contributed by atoms with Gasteiger partial charge in [-0.2, -0.15) is 5.26 Å². The van der Waals surface area contributed by atoms with Crippen LogP contribution in [-0.4, -0.2) is 48.4 Å².